The van der Waals surface area contributed by atoms with Gasteiger partial charge in [0.15, 0.2) is 5.78 Å². The summed E-state index contributed by atoms with van der Waals surface area (Å²) in [5, 5.41) is 0. The molecule has 9 nitrogen and oxygen atoms in total. The molecule has 49 heavy (non-hydrogen) atoms. The van der Waals surface area contributed by atoms with Crippen molar-refractivity contribution < 1.29 is 30.7 Å². The summed E-state index contributed by atoms with van der Waals surface area (Å²) in [4.78, 5) is 18.3. The summed E-state index contributed by atoms with van der Waals surface area (Å²) in [5.74, 6) is -0.519. The van der Waals surface area contributed by atoms with Crippen LogP contribution in [0, 0.1) is 0 Å². The second kappa shape index (κ2) is 14.4. The summed E-state index contributed by atoms with van der Waals surface area (Å²) < 4.78 is 63.5. The number of para-hydroxylation sites is 2. The molecule has 0 bridgehead atoms. The van der Waals surface area contributed by atoms with E-state index in [1.165, 1.54) is 11.1 Å². The standard InChI is InChI=1S/C38H48N2O7S2/c1-37(2)30-16-5-7-18-32(30)39(24-9-11-26-48(42,43)44)34(37)22-20-28-14-13-15-29(36(28)41)21-23-35-38(3,4)31-17-6-8-19-33(31)40(35)25-10-12-27-49(45,46)47/h5-8,16-23H,9-15,24-27H2,1-4H3,(H,42,43,44)(H,45,46,47)/b28-20+,29-21+,34-22+,35-23+. The maximum absolute atomic E-state index is 13.9. The maximum Gasteiger partial charge on any atom is 0.264 e. The molecule has 2 aromatic rings. The first-order chi connectivity index (χ1) is 23.0. The Morgan fingerprint density at radius 3 is 1.41 bits per heavy atom. The number of carbonyl (C=O) groups excluding carboxylic acids is 1. The minimum atomic E-state index is -4.02. The van der Waals surface area contributed by atoms with Crippen LogP contribution in [0.15, 0.2) is 95.4 Å². The maximum atomic E-state index is 13.9. The molecule has 2 N–H and O–H groups in total. The van der Waals surface area contributed by atoms with Gasteiger partial charge in [-0.15, -0.1) is 0 Å². The van der Waals surface area contributed by atoms with E-state index in [9.17, 15) is 30.7 Å². The van der Waals surface area contributed by atoms with Crippen molar-refractivity contribution in [1.82, 2.24) is 0 Å². The molecule has 0 aromatic heterocycles. The second-order valence-corrected chi connectivity index (χ2v) is 17.4. The van der Waals surface area contributed by atoms with E-state index in [1.807, 2.05) is 48.6 Å². The number of fused-ring (bicyclic) bond motifs is 2. The number of nitrogens with zero attached hydrogens (tertiary/aromatic N) is 2. The van der Waals surface area contributed by atoms with Crippen LogP contribution in [0.25, 0.3) is 0 Å². The first-order valence-corrected chi connectivity index (χ1v) is 20.2. The van der Waals surface area contributed by atoms with Crippen LogP contribution in [0.4, 0.5) is 11.4 Å². The normalized spacial score (nSPS) is 22.0. The number of rotatable bonds is 12. The third kappa shape index (κ3) is 8.28. The molecular formula is C38H48N2O7S2. The second-order valence-electron chi connectivity index (χ2n) is 14.2. The fraction of sp³-hybridized carbons (Fsp3) is 0.447. The van der Waals surface area contributed by atoms with E-state index in [2.05, 4.69) is 61.8 Å². The highest BCUT2D eigenvalue weighted by molar-refractivity contribution is 7.86. The lowest BCUT2D eigenvalue weighted by Crippen LogP contribution is -2.27. The SMILES string of the molecule is CC1(C)/C(=C\C=C2/CCC/C(=C\C=C3\N(CCCCS(=O)(=O)O)c4ccccc4C3(C)C)C2=O)N(CCCCS(=O)(=O)O)c2ccccc21. The van der Waals surface area contributed by atoms with Gasteiger partial charge in [-0.05, 0) is 91.5 Å². The molecule has 3 aliphatic rings. The molecule has 0 spiro atoms. The summed E-state index contributed by atoms with van der Waals surface area (Å²) in [6, 6.07) is 16.3. The summed E-state index contributed by atoms with van der Waals surface area (Å²) in [6.07, 6.45) is 12.0. The number of carbonyl (C=O) groups is 1. The van der Waals surface area contributed by atoms with Crippen molar-refractivity contribution in [3.05, 3.63) is 107 Å². The zero-order valence-corrected chi connectivity index (χ0v) is 30.5. The molecule has 2 aliphatic heterocycles. The van der Waals surface area contributed by atoms with Gasteiger partial charge in [-0.1, -0.05) is 76.2 Å². The summed E-state index contributed by atoms with van der Waals surface area (Å²) in [6.45, 7) is 9.80. The van der Waals surface area contributed by atoms with E-state index >= 15 is 0 Å². The van der Waals surface area contributed by atoms with Crippen LogP contribution in [0.2, 0.25) is 0 Å². The Balaban J connectivity index is 1.40. The fourth-order valence-electron chi connectivity index (χ4n) is 7.45. The van der Waals surface area contributed by atoms with E-state index < -0.39 is 20.2 Å². The zero-order chi connectivity index (χ0) is 35.6. The Bertz CT molecular complexity index is 1800. The average Bonchev–Trinajstić information content (AvgIpc) is 3.37. The molecule has 1 fully saturated rings. The number of allylic oxidation sites excluding steroid dienone is 8. The van der Waals surface area contributed by atoms with E-state index in [0.717, 1.165) is 40.3 Å². The predicted molar refractivity (Wildman–Crippen MR) is 196 cm³/mol. The van der Waals surface area contributed by atoms with Gasteiger partial charge in [-0.2, -0.15) is 16.8 Å². The predicted octanol–water partition coefficient (Wildman–Crippen LogP) is 7.29. The number of ketones is 1. The number of unbranched alkanes of at least 4 members (excludes halogenated alkanes) is 2. The van der Waals surface area contributed by atoms with Gasteiger partial charge < -0.3 is 9.80 Å². The highest BCUT2D eigenvalue weighted by atomic mass is 32.2. The quantitative estimate of drug-likeness (QED) is 0.133. The Hall–Kier alpha value is -3.51. The number of anilines is 2. The Kier molecular flexibility index (Phi) is 10.8. The van der Waals surface area contributed by atoms with Gasteiger partial charge in [0.2, 0.25) is 0 Å². The van der Waals surface area contributed by atoms with Crippen LogP contribution in [0.1, 0.15) is 83.8 Å². The van der Waals surface area contributed by atoms with Gasteiger partial charge in [0.1, 0.15) is 0 Å². The van der Waals surface area contributed by atoms with Crippen LogP contribution in [0.5, 0.6) is 0 Å². The minimum absolute atomic E-state index is 0.0287. The van der Waals surface area contributed by atoms with Crippen molar-refractivity contribution in [2.24, 2.45) is 0 Å². The molecule has 0 radical (unpaired) electrons. The molecule has 1 aliphatic carbocycles. The summed E-state index contributed by atoms with van der Waals surface area (Å²) in [7, 11) is -8.04. The number of hydrogen-bond acceptors (Lipinski definition) is 7. The molecule has 0 unspecified atom stereocenters. The third-order valence-electron chi connectivity index (χ3n) is 10.0. The zero-order valence-electron chi connectivity index (χ0n) is 28.9. The van der Waals surface area contributed by atoms with Crippen molar-refractivity contribution in [2.75, 3.05) is 34.4 Å². The van der Waals surface area contributed by atoms with E-state index in [4.69, 9.17) is 0 Å². The molecule has 5 rings (SSSR count). The molecule has 0 atom stereocenters. The van der Waals surface area contributed by atoms with Gasteiger partial charge in [0.05, 0.1) is 11.5 Å². The van der Waals surface area contributed by atoms with Crippen molar-refractivity contribution in [3.8, 4) is 0 Å². The van der Waals surface area contributed by atoms with Gasteiger partial charge in [0, 0.05) is 46.7 Å². The fourth-order valence-corrected chi connectivity index (χ4v) is 8.59. The molecule has 0 saturated heterocycles. The third-order valence-corrected chi connectivity index (χ3v) is 11.6. The Morgan fingerprint density at radius 2 is 1.02 bits per heavy atom. The minimum Gasteiger partial charge on any atom is -0.344 e. The summed E-state index contributed by atoms with van der Waals surface area (Å²) in [5.41, 5.74) is 7.37. The first-order valence-electron chi connectivity index (χ1n) is 17.0. The molecule has 11 heteroatoms. The van der Waals surface area contributed by atoms with Crippen LogP contribution < -0.4 is 9.80 Å². The molecule has 2 aromatic carbocycles. The van der Waals surface area contributed by atoms with E-state index in [-0.39, 0.29) is 28.1 Å². The van der Waals surface area contributed by atoms with Gasteiger partial charge in [-0.25, -0.2) is 0 Å². The molecule has 1 saturated carbocycles. The Labute approximate surface area is 291 Å². The van der Waals surface area contributed by atoms with Crippen molar-refractivity contribution in [2.45, 2.75) is 83.5 Å². The van der Waals surface area contributed by atoms with Crippen molar-refractivity contribution >= 4 is 37.4 Å². The number of benzene rings is 2. The average molecular weight is 709 g/mol. The largest absolute Gasteiger partial charge is 0.344 e. The monoisotopic (exact) mass is 708 g/mol. The topological polar surface area (TPSA) is 132 Å². The molecule has 264 valence electrons. The van der Waals surface area contributed by atoms with Crippen LogP contribution in [-0.4, -0.2) is 56.3 Å². The molecule has 0 amide bonds. The summed E-state index contributed by atoms with van der Waals surface area (Å²) >= 11 is 0. The number of Topliss-reactive ketones (excluding diaryl/α,β-unsaturated/α-hetero) is 1. The van der Waals surface area contributed by atoms with E-state index in [0.29, 0.717) is 51.6 Å². The molecule has 2 heterocycles. The number of hydrogen-bond donors (Lipinski definition) is 2. The van der Waals surface area contributed by atoms with Crippen LogP contribution in [0.3, 0.4) is 0 Å². The lowest BCUT2D eigenvalue weighted by atomic mass is 9.82. The van der Waals surface area contributed by atoms with E-state index in [1.54, 1.807) is 0 Å². The molecular weight excluding hydrogens is 661 g/mol. The smallest absolute Gasteiger partial charge is 0.264 e. The van der Waals surface area contributed by atoms with Gasteiger partial charge in [-0.3, -0.25) is 13.9 Å². The lowest BCUT2D eigenvalue weighted by Gasteiger charge is -2.27. The van der Waals surface area contributed by atoms with Crippen molar-refractivity contribution in [1.29, 1.82) is 0 Å². The first kappa shape index (κ1) is 36.8. The van der Waals surface area contributed by atoms with Crippen LogP contribution in [-0.2, 0) is 35.9 Å². The van der Waals surface area contributed by atoms with Crippen LogP contribution >= 0.6 is 0 Å². The lowest BCUT2D eigenvalue weighted by molar-refractivity contribution is -0.113. The van der Waals surface area contributed by atoms with Gasteiger partial charge >= 0.3 is 0 Å². The highest BCUT2D eigenvalue weighted by Crippen LogP contribution is 2.49. The van der Waals surface area contributed by atoms with Crippen molar-refractivity contribution in [3.63, 3.8) is 0 Å². The Morgan fingerprint density at radius 1 is 0.633 bits per heavy atom. The van der Waals surface area contributed by atoms with Gasteiger partial charge in [0.25, 0.3) is 20.2 Å². The highest BCUT2D eigenvalue weighted by Gasteiger charge is 2.40.